The molecule has 1 amide bonds. The Morgan fingerprint density at radius 1 is 1.29 bits per heavy atom. The Bertz CT molecular complexity index is 855. The normalized spacial score (nSPS) is 15.0. The molecular formula is C22H32ClF3N6O2. The molecular weight excluding hydrogens is 473 g/mol. The predicted molar refractivity (Wildman–Crippen MR) is 129 cm³/mol. The molecule has 1 aromatic rings. The van der Waals surface area contributed by atoms with Crippen molar-refractivity contribution in [1.82, 2.24) is 15.3 Å². The number of alkyl halides is 4. The van der Waals surface area contributed by atoms with Gasteiger partial charge < -0.3 is 9.64 Å². The summed E-state index contributed by atoms with van der Waals surface area (Å²) in [6, 6.07) is 1.07. The van der Waals surface area contributed by atoms with Crippen molar-refractivity contribution in [3.8, 4) is 0 Å². The first kappa shape index (κ1) is 29.4. The highest BCUT2D eigenvalue weighted by Crippen LogP contribution is 2.29. The summed E-state index contributed by atoms with van der Waals surface area (Å²) in [6.45, 7) is 11.9. The fourth-order valence-corrected chi connectivity index (χ4v) is 3.17. The molecule has 0 bridgehead atoms. The minimum absolute atomic E-state index is 0.119. The Morgan fingerprint density at radius 2 is 1.97 bits per heavy atom. The zero-order valence-corrected chi connectivity index (χ0v) is 20.5. The second-order valence-corrected chi connectivity index (χ2v) is 7.38. The van der Waals surface area contributed by atoms with E-state index in [-0.39, 0.29) is 17.6 Å². The van der Waals surface area contributed by atoms with E-state index in [1.54, 1.807) is 11.8 Å². The number of morpholine rings is 1. The number of nitrogens with one attached hydrogen (secondary N) is 2. The van der Waals surface area contributed by atoms with Crippen LogP contribution in [0.3, 0.4) is 0 Å². The molecule has 0 saturated carbocycles. The lowest BCUT2D eigenvalue weighted by atomic mass is 10.0. The Kier molecular flexibility index (Phi) is 13.2. The van der Waals surface area contributed by atoms with Crippen molar-refractivity contribution < 1.29 is 22.7 Å². The van der Waals surface area contributed by atoms with Crippen LogP contribution in [0.15, 0.2) is 39.8 Å². The molecule has 0 unspecified atom stereocenters. The standard InChI is InChI=1S/C16H21ClF3N5.C6H11NO2/c1-4-6-14(23-10-17)13(5-2)15(21-3)25-24-12-7-11(8-22-9-12)16(18,19)20;1-6(8)7-2-4-9-5-3-7/h7-9,24-25H,3-6,10H2,1-2H3;2-5H2,1H3/b15-13+,23-14-;. The van der Waals surface area contributed by atoms with E-state index in [2.05, 4.69) is 32.5 Å². The maximum Gasteiger partial charge on any atom is 0.417 e. The van der Waals surface area contributed by atoms with Crippen LogP contribution in [-0.4, -0.2) is 60.5 Å². The molecule has 190 valence electrons. The molecule has 1 aromatic heterocycles. The molecule has 8 nitrogen and oxygen atoms in total. The number of hydrazine groups is 1. The van der Waals surface area contributed by atoms with Crippen molar-refractivity contribution in [2.45, 2.75) is 46.2 Å². The summed E-state index contributed by atoms with van der Waals surface area (Å²) in [5.41, 5.74) is 6.34. The summed E-state index contributed by atoms with van der Waals surface area (Å²) in [6.07, 6.45) is -0.238. The monoisotopic (exact) mass is 504 g/mol. The van der Waals surface area contributed by atoms with Crippen molar-refractivity contribution in [2.24, 2.45) is 9.98 Å². The van der Waals surface area contributed by atoms with Gasteiger partial charge in [0, 0.05) is 37.5 Å². The highest BCUT2D eigenvalue weighted by Gasteiger charge is 2.31. The van der Waals surface area contributed by atoms with Gasteiger partial charge in [-0.1, -0.05) is 20.3 Å². The molecule has 0 aliphatic carbocycles. The number of anilines is 1. The number of pyridine rings is 1. The summed E-state index contributed by atoms with van der Waals surface area (Å²) < 4.78 is 43.3. The van der Waals surface area contributed by atoms with E-state index < -0.39 is 11.7 Å². The number of rotatable bonds is 9. The summed E-state index contributed by atoms with van der Waals surface area (Å²) in [5, 5.41) is 0. The smallest absolute Gasteiger partial charge is 0.378 e. The topological polar surface area (TPSA) is 91.2 Å². The van der Waals surface area contributed by atoms with E-state index in [1.165, 1.54) is 6.20 Å². The zero-order chi connectivity index (χ0) is 25.6. The maximum atomic E-state index is 12.7. The van der Waals surface area contributed by atoms with E-state index in [1.807, 2.05) is 13.8 Å². The van der Waals surface area contributed by atoms with Crippen LogP contribution in [0.4, 0.5) is 18.9 Å². The molecule has 1 aliphatic heterocycles. The highest BCUT2D eigenvalue weighted by atomic mass is 35.5. The van der Waals surface area contributed by atoms with Crippen LogP contribution >= 0.6 is 11.6 Å². The van der Waals surface area contributed by atoms with Gasteiger partial charge >= 0.3 is 6.18 Å². The highest BCUT2D eigenvalue weighted by molar-refractivity contribution is 6.18. The summed E-state index contributed by atoms with van der Waals surface area (Å²) in [5.74, 6) is 0.538. The van der Waals surface area contributed by atoms with E-state index in [0.717, 1.165) is 43.1 Å². The minimum Gasteiger partial charge on any atom is -0.378 e. The third-order valence-corrected chi connectivity index (χ3v) is 4.85. The lowest BCUT2D eigenvalue weighted by Gasteiger charge is -2.25. The Balaban J connectivity index is 0.000000533. The van der Waals surface area contributed by atoms with Gasteiger partial charge in [-0.2, -0.15) is 13.2 Å². The molecule has 0 aromatic carbocycles. The summed E-state index contributed by atoms with van der Waals surface area (Å²) in [7, 11) is 0. The third-order valence-electron chi connectivity index (χ3n) is 4.73. The number of hydrogen-bond acceptors (Lipinski definition) is 7. The van der Waals surface area contributed by atoms with Crippen molar-refractivity contribution in [2.75, 3.05) is 37.7 Å². The van der Waals surface area contributed by atoms with Gasteiger partial charge in [-0.3, -0.25) is 25.6 Å². The molecule has 0 atom stereocenters. The number of aliphatic imine (C=N–C) groups is 2. The Labute approximate surface area is 203 Å². The van der Waals surface area contributed by atoms with Gasteiger partial charge in [-0.15, -0.1) is 11.6 Å². The van der Waals surface area contributed by atoms with E-state index in [9.17, 15) is 18.0 Å². The third kappa shape index (κ3) is 10.1. The maximum absolute atomic E-state index is 12.7. The van der Waals surface area contributed by atoms with Crippen molar-refractivity contribution in [3.05, 3.63) is 35.4 Å². The summed E-state index contributed by atoms with van der Waals surface area (Å²) in [4.78, 5) is 24.2. The molecule has 2 rings (SSSR count). The van der Waals surface area contributed by atoms with Crippen LogP contribution in [0.1, 0.15) is 45.6 Å². The van der Waals surface area contributed by atoms with E-state index >= 15 is 0 Å². The second kappa shape index (κ2) is 15.3. The minimum atomic E-state index is -4.46. The molecule has 0 radical (unpaired) electrons. The fraction of sp³-hybridized carbons (Fsp3) is 0.545. The van der Waals surface area contributed by atoms with Crippen molar-refractivity contribution in [1.29, 1.82) is 0 Å². The van der Waals surface area contributed by atoms with Crippen LogP contribution < -0.4 is 10.9 Å². The first-order valence-corrected chi connectivity index (χ1v) is 11.4. The first-order chi connectivity index (χ1) is 16.2. The van der Waals surface area contributed by atoms with Crippen LogP contribution in [0.5, 0.6) is 0 Å². The molecule has 0 spiro atoms. The van der Waals surface area contributed by atoms with Crippen molar-refractivity contribution in [3.63, 3.8) is 0 Å². The van der Waals surface area contributed by atoms with Gasteiger partial charge in [-0.05, 0) is 25.6 Å². The largest absolute Gasteiger partial charge is 0.417 e. The molecule has 1 saturated heterocycles. The van der Waals surface area contributed by atoms with Crippen LogP contribution in [0, 0.1) is 0 Å². The van der Waals surface area contributed by atoms with Crippen LogP contribution in [-0.2, 0) is 15.7 Å². The predicted octanol–water partition coefficient (Wildman–Crippen LogP) is 4.64. The molecule has 2 heterocycles. The number of carbonyl (C=O) groups is 1. The van der Waals surface area contributed by atoms with Gasteiger partial charge in [0.15, 0.2) is 0 Å². The number of amides is 1. The molecule has 12 heteroatoms. The molecule has 1 aliphatic rings. The number of carbonyl (C=O) groups excluding carboxylic acids is 1. The number of halogens is 4. The second-order valence-electron chi connectivity index (χ2n) is 7.14. The van der Waals surface area contributed by atoms with Gasteiger partial charge in [0.1, 0.15) is 11.8 Å². The average Bonchev–Trinajstić information content (AvgIpc) is 2.82. The number of ether oxygens (including phenoxy) is 1. The van der Waals surface area contributed by atoms with E-state index in [0.29, 0.717) is 31.9 Å². The first-order valence-electron chi connectivity index (χ1n) is 10.8. The Morgan fingerprint density at radius 3 is 2.44 bits per heavy atom. The zero-order valence-electron chi connectivity index (χ0n) is 19.7. The fourth-order valence-electron chi connectivity index (χ4n) is 3.03. The lowest BCUT2D eigenvalue weighted by molar-refractivity contribution is -0.137. The number of hydrogen-bond donors (Lipinski definition) is 2. The van der Waals surface area contributed by atoms with Gasteiger partial charge in [0.2, 0.25) is 5.91 Å². The van der Waals surface area contributed by atoms with Gasteiger partial charge in [-0.25, -0.2) is 4.99 Å². The molecule has 2 N–H and O–H groups in total. The van der Waals surface area contributed by atoms with E-state index in [4.69, 9.17) is 16.3 Å². The SMILES string of the molecule is C=N/C(NNc1cncc(C(F)(F)F)c1)=C(CC)\C(CCC)=N/CCl.CC(=O)N1CCOCC1. The molecule has 34 heavy (non-hydrogen) atoms. The lowest BCUT2D eigenvalue weighted by Crippen LogP contribution is -2.39. The number of allylic oxidation sites excluding steroid dienone is 1. The molecule has 1 fully saturated rings. The van der Waals surface area contributed by atoms with Gasteiger partial charge in [0.05, 0.1) is 30.7 Å². The number of nitrogens with zero attached hydrogens (tertiary/aromatic N) is 4. The summed E-state index contributed by atoms with van der Waals surface area (Å²) >= 11 is 5.71. The average molecular weight is 505 g/mol. The van der Waals surface area contributed by atoms with Crippen molar-refractivity contribution >= 4 is 35.6 Å². The Hall–Kier alpha value is -2.66. The quantitative estimate of drug-likeness (QED) is 0.221. The van der Waals surface area contributed by atoms with Crippen LogP contribution in [0.2, 0.25) is 0 Å². The van der Waals surface area contributed by atoms with Gasteiger partial charge in [0.25, 0.3) is 0 Å². The number of aromatic nitrogens is 1. The van der Waals surface area contributed by atoms with Crippen LogP contribution in [0.25, 0.3) is 0 Å².